The van der Waals surface area contributed by atoms with Gasteiger partial charge in [0.25, 0.3) is 11.8 Å². The fourth-order valence-electron chi connectivity index (χ4n) is 4.99. The number of cyclic esters (lactones) is 1. The van der Waals surface area contributed by atoms with Crippen LogP contribution in [0.1, 0.15) is 53.0 Å². The molecule has 2 aromatic carbocycles. The summed E-state index contributed by atoms with van der Waals surface area (Å²) in [5, 5.41) is 0. The van der Waals surface area contributed by atoms with Gasteiger partial charge in [0.15, 0.2) is 6.04 Å². The van der Waals surface area contributed by atoms with Gasteiger partial charge in [-0.05, 0) is 44.4 Å². The second kappa shape index (κ2) is 12.2. The SMILES string of the molecule is CCN(CC)C(=O)c1c(F)ccc(F)c1C(=O)N1CCC(N2C(=O)OC[C@H]2C(=O)OCc2ccccc2)CC1. The van der Waals surface area contributed by atoms with Crippen LogP contribution in [-0.4, -0.2) is 83.4 Å². The summed E-state index contributed by atoms with van der Waals surface area (Å²) in [7, 11) is 0. The maximum atomic E-state index is 14.9. The number of ether oxygens (including phenoxy) is 2. The highest BCUT2D eigenvalue weighted by atomic mass is 19.1. The van der Waals surface area contributed by atoms with E-state index in [1.54, 1.807) is 13.8 Å². The zero-order valence-corrected chi connectivity index (χ0v) is 21.9. The van der Waals surface area contributed by atoms with Gasteiger partial charge in [-0.25, -0.2) is 18.4 Å². The van der Waals surface area contributed by atoms with Crippen molar-refractivity contribution in [2.45, 2.75) is 45.4 Å². The summed E-state index contributed by atoms with van der Waals surface area (Å²) < 4.78 is 40.2. The molecule has 0 aliphatic carbocycles. The predicted molar refractivity (Wildman–Crippen MR) is 136 cm³/mol. The molecule has 0 N–H and O–H groups in total. The van der Waals surface area contributed by atoms with Crippen molar-refractivity contribution in [2.75, 3.05) is 32.8 Å². The molecule has 2 saturated heterocycles. The molecule has 0 spiro atoms. The Bertz CT molecular complexity index is 1230. The molecule has 2 aliphatic heterocycles. The number of piperidine rings is 1. The highest BCUT2D eigenvalue weighted by molar-refractivity contribution is 6.07. The van der Waals surface area contributed by atoms with E-state index < -0.39 is 58.7 Å². The van der Waals surface area contributed by atoms with Gasteiger partial charge >= 0.3 is 12.1 Å². The summed E-state index contributed by atoms with van der Waals surface area (Å²) in [6, 6.07) is 9.45. The number of nitrogens with zero attached hydrogens (tertiary/aromatic N) is 3. The second-order valence-electron chi connectivity index (χ2n) is 9.37. The Labute approximate surface area is 225 Å². The lowest BCUT2D eigenvalue weighted by atomic mass is 9.98. The van der Waals surface area contributed by atoms with E-state index in [1.807, 2.05) is 30.3 Å². The number of halogens is 2. The van der Waals surface area contributed by atoms with Crippen LogP contribution in [0.2, 0.25) is 0 Å². The Morgan fingerprint density at radius 3 is 2.21 bits per heavy atom. The Hall–Kier alpha value is -4.02. The van der Waals surface area contributed by atoms with E-state index in [1.165, 1.54) is 14.7 Å². The van der Waals surface area contributed by atoms with Crippen LogP contribution in [0.15, 0.2) is 42.5 Å². The minimum Gasteiger partial charge on any atom is -0.459 e. The lowest BCUT2D eigenvalue weighted by molar-refractivity contribution is -0.150. The van der Waals surface area contributed by atoms with E-state index in [4.69, 9.17) is 9.47 Å². The van der Waals surface area contributed by atoms with Gasteiger partial charge in [-0.3, -0.25) is 14.5 Å². The monoisotopic (exact) mass is 543 g/mol. The standard InChI is InChI=1S/C28H31F2N3O6/c1-3-31(4-2)25(34)23-20(29)10-11-21(30)24(23)26(35)32-14-12-19(13-15-32)33-22(17-39-28(33)37)27(36)38-16-18-8-6-5-7-9-18/h5-11,19,22H,3-4,12-17H2,1-2H3/t22-/m0/s1. The first-order valence-electron chi connectivity index (χ1n) is 13.0. The van der Waals surface area contributed by atoms with E-state index in [2.05, 4.69) is 0 Å². The largest absolute Gasteiger partial charge is 0.459 e. The molecule has 1 atom stereocenters. The molecular weight excluding hydrogens is 512 g/mol. The molecule has 0 unspecified atom stereocenters. The third kappa shape index (κ3) is 5.86. The zero-order chi connectivity index (χ0) is 28.1. The van der Waals surface area contributed by atoms with Gasteiger partial charge in [0.05, 0.1) is 11.1 Å². The van der Waals surface area contributed by atoms with Crippen molar-refractivity contribution in [3.63, 3.8) is 0 Å². The number of carbonyl (C=O) groups excluding carboxylic acids is 4. The van der Waals surface area contributed by atoms with Crippen LogP contribution in [0.25, 0.3) is 0 Å². The van der Waals surface area contributed by atoms with Gasteiger partial charge in [0, 0.05) is 32.2 Å². The van der Waals surface area contributed by atoms with Gasteiger partial charge in [0.1, 0.15) is 24.8 Å². The van der Waals surface area contributed by atoms with Crippen LogP contribution >= 0.6 is 0 Å². The molecule has 0 aromatic heterocycles. The van der Waals surface area contributed by atoms with E-state index in [-0.39, 0.29) is 52.2 Å². The van der Waals surface area contributed by atoms with Gasteiger partial charge in [-0.2, -0.15) is 0 Å². The van der Waals surface area contributed by atoms with Gasteiger partial charge in [-0.1, -0.05) is 30.3 Å². The minimum atomic E-state index is -0.983. The average Bonchev–Trinajstić information content (AvgIpc) is 3.34. The minimum absolute atomic E-state index is 0.0545. The normalized spacial score (nSPS) is 17.6. The second-order valence-corrected chi connectivity index (χ2v) is 9.37. The van der Waals surface area contributed by atoms with Crippen LogP contribution in [0.3, 0.4) is 0 Å². The smallest absolute Gasteiger partial charge is 0.410 e. The quantitative estimate of drug-likeness (QED) is 0.472. The molecule has 0 saturated carbocycles. The molecule has 0 bridgehead atoms. The number of amides is 3. The lowest BCUT2D eigenvalue weighted by Gasteiger charge is -2.37. The number of rotatable bonds is 8. The number of hydrogen-bond donors (Lipinski definition) is 0. The summed E-state index contributed by atoms with van der Waals surface area (Å²) in [5.74, 6) is -4.10. The summed E-state index contributed by atoms with van der Waals surface area (Å²) in [5.41, 5.74) is -0.388. The fraction of sp³-hybridized carbons (Fsp3) is 0.429. The molecule has 2 heterocycles. The Morgan fingerprint density at radius 1 is 0.974 bits per heavy atom. The summed E-state index contributed by atoms with van der Waals surface area (Å²) >= 11 is 0. The first-order chi connectivity index (χ1) is 18.8. The molecule has 3 amide bonds. The van der Waals surface area contributed by atoms with Crippen molar-refractivity contribution in [3.8, 4) is 0 Å². The van der Waals surface area contributed by atoms with E-state index >= 15 is 0 Å². The third-order valence-electron chi connectivity index (χ3n) is 7.13. The molecular formula is C28H31F2N3O6. The van der Waals surface area contributed by atoms with Crippen molar-refractivity contribution in [1.82, 2.24) is 14.7 Å². The molecule has 39 heavy (non-hydrogen) atoms. The third-order valence-corrected chi connectivity index (χ3v) is 7.13. The Balaban J connectivity index is 1.45. The zero-order valence-electron chi connectivity index (χ0n) is 21.9. The highest BCUT2D eigenvalue weighted by Crippen LogP contribution is 2.28. The number of benzene rings is 2. The van der Waals surface area contributed by atoms with Crippen molar-refractivity contribution in [3.05, 3.63) is 70.8 Å². The van der Waals surface area contributed by atoms with Crippen LogP contribution in [-0.2, 0) is 20.9 Å². The maximum absolute atomic E-state index is 14.9. The predicted octanol–water partition coefficient (Wildman–Crippen LogP) is 3.62. The van der Waals surface area contributed by atoms with E-state index in [9.17, 15) is 28.0 Å². The Kier molecular flexibility index (Phi) is 8.78. The molecule has 208 valence electrons. The van der Waals surface area contributed by atoms with E-state index in [0.29, 0.717) is 0 Å². The van der Waals surface area contributed by atoms with Gasteiger partial charge < -0.3 is 19.3 Å². The van der Waals surface area contributed by atoms with Gasteiger partial charge in [-0.15, -0.1) is 0 Å². The molecule has 11 heteroatoms. The van der Waals surface area contributed by atoms with Crippen LogP contribution in [0, 0.1) is 11.6 Å². The topological polar surface area (TPSA) is 96.5 Å². The van der Waals surface area contributed by atoms with Crippen molar-refractivity contribution in [2.24, 2.45) is 0 Å². The molecule has 9 nitrogen and oxygen atoms in total. The molecule has 0 radical (unpaired) electrons. The highest BCUT2D eigenvalue weighted by Gasteiger charge is 2.44. The Morgan fingerprint density at radius 2 is 1.59 bits per heavy atom. The fourth-order valence-corrected chi connectivity index (χ4v) is 4.99. The van der Waals surface area contributed by atoms with E-state index in [0.717, 1.165) is 17.7 Å². The summed E-state index contributed by atoms with van der Waals surface area (Å²) in [6.07, 6.45) is -0.0937. The van der Waals surface area contributed by atoms with Crippen LogP contribution in [0.4, 0.5) is 13.6 Å². The number of esters is 1. The maximum Gasteiger partial charge on any atom is 0.410 e. The first-order valence-corrected chi connectivity index (χ1v) is 13.0. The van der Waals surface area contributed by atoms with Crippen LogP contribution < -0.4 is 0 Å². The number of likely N-dealkylation sites (tertiary alicyclic amines) is 1. The summed E-state index contributed by atoms with van der Waals surface area (Å²) in [4.78, 5) is 55.6. The van der Waals surface area contributed by atoms with Crippen LogP contribution in [0.5, 0.6) is 0 Å². The number of carbonyl (C=O) groups is 4. The van der Waals surface area contributed by atoms with Crippen molar-refractivity contribution in [1.29, 1.82) is 0 Å². The average molecular weight is 544 g/mol. The summed E-state index contributed by atoms with van der Waals surface area (Å²) in [6.45, 7) is 4.08. The molecule has 2 fully saturated rings. The first kappa shape index (κ1) is 28.0. The van der Waals surface area contributed by atoms with Gasteiger partial charge in [0.2, 0.25) is 0 Å². The lowest BCUT2D eigenvalue weighted by Crippen LogP contribution is -2.52. The molecule has 2 aromatic rings. The van der Waals surface area contributed by atoms with Crippen molar-refractivity contribution < 1.29 is 37.4 Å². The molecule has 4 rings (SSSR count). The molecule has 2 aliphatic rings. The number of hydrogen-bond acceptors (Lipinski definition) is 6. The van der Waals surface area contributed by atoms with Crippen molar-refractivity contribution >= 4 is 23.9 Å².